The number of hydrogen-bond donors (Lipinski definition) is 1. The van der Waals surface area contributed by atoms with Crippen LogP contribution in [0.2, 0.25) is 0 Å². The van der Waals surface area contributed by atoms with Crippen molar-refractivity contribution in [2.24, 2.45) is 0 Å². The summed E-state index contributed by atoms with van der Waals surface area (Å²) in [6, 6.07) is 9.23. The van der Waals surface area contributed by atoms with Crippen molar-refractivity contribution in [3.05, 3.63) is 30.3 Å². The summed E-state index contributed by atoms with van der Waals surface area (Å²) < 4.78 is 9.97. The molecule has 0 radical (unpaired) electrons. The fourth-order valence-electron chi connectivity index (χ4n) is 1.34. The van der Waals surface area contributed by atoms with E-state index in [0.717, 1.165) is 12.8 Å². The quantitative estimate of drug-likeness (QED) is 0.760. The normalized spacial score (nSPS) is 13.8. The standard InChI is InChI=1S/C13H15NO4/c15-12(14-10-6-7-10)8-18-13(16)9-17-11-4-2-1-3-5-11/h1-5,10H,6-9H2,(H,14,15). The van der Waals surface area contributed by atoms with Crippen LogP contribution in [0.1, 0.15) is 12.8 Å². The average molecular weight is 249 g/mol. The molecule has 1 fully saturated rings. The summed E-state index contributed by atoms with van der Waals surface area (Å²) in [5.74, 6) is -0.216. The van der Waals surface area contributed by atoms with E-state index in [-0.39, 0.29) is 25.2 Å². The molecule has 0 saturated heterocycles. The molecule has 0 aromatic heterocycles. The maximum atomic E-state index is 11.3. The minimum absolute atomic E-state index is 0.194. The van der Waals surface area contributed by atoms with Crippen molar-refractivity contribution >= 4 is 11.9 Å². The molecule has 1 aromatic carbocycles. The Labute approximate surface area is 105 Å². The summed E-state index contributed by atoms with van der Waals surface area (Å²) >= 11 is 0. The molecule has 2 rings (SSSR count). The van der Waals surface area contributed by atoms with Gasteiger partial charge in [-0.1, -0.05) is 18.2 Å². The molecule has 0 spiro atoms. The van der Waals surface area contributed by atoms with E-state index in [2.05, 4.69) is 5.32 Å². The van der Waals surface area contributed by atoms with Crippen LogP contribution in [0.25, 0.3) is 0 Å². The summed E-state index contributed by atoms with van der Waals surface area (Å²) in [6.07, 6.45) is 2.02. The molecule has 96 valence electrons. The van der Waals surface area contributed by atoms with Gasteiger partial charge in [-0.3, -0.25) is 4.79 Å². The van der Waals surface area contributed by atoms with Crippen molar-refractivity contribution < 1.29 is 19.1 Å². The van der Waals surface area contributed by atoms with Crippen LogP contribution in [0.4, 0.5) is 0 Å². The highest BCUT2D eigenvalue weighted by Gasteiger charge is 2.23. The van der Waals surface area contributed by atoms with Crippen molar-refractivity contribution in [1.82, 2.24) is 5.32 Å². The number of carbonyl (C=O) groups is 2. The van der Waals surface area contributed by atoms with Gasteiger partial charge in [-0.15, -0.1) is 0 Å². The number of para-hydroxylation sites is 1. The predicted molar refractivity (Wildman–Crippen MR) is 64.1 cm³/mol. The summed E-state index contributed by atoms with van der Waals surface area (Å²) in [7, 11) is 0. The third kappa shape index (κ3) is 4.45. The third-order valence-electron chi connectivity index (χ3n) is 2.41. The first kappa shape index (κ1) is 12.4. The first-order valence-electron chi connectivity index (χ1n) is 5.87. The van der Waals surface area contributed by atoms with E-state index in [9.17, 15) is 9.59 Å². The maximum absolute atomic E-state index is 11.3. The zero-order valence-electron chi connectivity index (χ0n) is 9.93. The van der Waals surface area contributed by atoms with Gasteiger partial charge in [0.05, 0.1) is 0 Å². The van der Waals surface area contributed by atoms with Crippen LogP contribution in [-0.4, -0.2) is 31.1 Å². The van der Waals surface area contributed by atoms with Crippen LogP contribution < -0.4 is 10.1 Å². The fourth-order valence-corrected chi connectivity index (χ4v) is 1.34. The molecule has 0 aliphatic heterocycles. The van der Waals surface area contributed by atoms with Crippen LogP contribution >= 0.6 is 0 Å². The first-order chi connectivity index (χ1) is 8.74. The van der Waals surface area contributed by atoms with E-state index >= 15 is 0 Å². The van der Waals surface area contributed by atoms with E-state index in [1.54, 1.807) is 12.1 Å². The molecular formula is C13H15NO4. The minimum atomic E-state index is -0.551. The summed E-state index contributed by atoms with van der Waals surface area (Å²) in [4.78, 5) is 22.5. The molecule has 1 aliphatic rings. The summed E-state index contributed by atoms with van der Waals surface area (Å²) in [5.41, 5.74) is 0. The Morgan fingerprint density at radius 3 is 2.56 bits per heavy atom. The van der Waals surface area contributed by atoms with E-state index in [1.807, 2.05) is 18.2 Å². The predicted octanol–water partition coefficient (Wildman–Crippen LogP) is 0.887. The van der Waals surface area contributed by atoms with Crippen molar-refractivity contribution in [2.75, 3.05) is 13.2 Å². The summed E-state index contributed by atoms with van der Waals surface area (Å²) in [5, 5.41) is 2.73. The van der Waals surface area contributed by atoms with Crippen molar-refractivity contribution in [3.8, 4) is 5.75 Å². The first-order valence-corrected chi connectivity index (χ1v) is 5.87. The van der Waals surface area contributed by atoms with Gasteiger partial charge >= 0.3 is 5.97 Å². The zero-order chi connectivity index (χ0) is 12.8. The van der Waals surface area contributed by atoms with Crippen LogP contribution in [0.3, 0.4) is 0 Å². The van der Waals surface area contributed by atoms with Gasteiger partial charge in [0, 0.05) is 6.04 Å². The minimum Gasteiger partial charge on any atom is -0.482 e. The molecule has 5 heteroatoms. The largest absolute Gasteiger partial charge is 0.482 e. The number of nitrogens with one attached hydrogen (secondary N) is 1. The molecular weight excluding hydrogens is 234 g/mol. The average Bonchev–Trinajstić information content (AvgIpc) is 3.19. The molecule has 0 unspecified atom stereocenters. The lowest BCUT2D eigenvalue weighted by Gasteiger charge is -2.07. The number of benzene rings is 1. The maximum Gasteiger partial charge on any atom is 0.344 e. The van der Waals surface area contributed by atoms with Crippen LogP contribution in [0.5, 0.6) is 5.75 Å². The van der Waals surface area contributed by atoms with E-state index in [0.29, 0.717) is 5.75 Å². The molecule has 1 amide bonds. The highest BCUT2D eigenvalue weighted by Crippen LogP contribution is 2.18. The van der Waals surface area contributed by atoms with Crippen LogP contribution in [0.15, 0.2) is 30.3 Å². The Morgan fingerprint density at radius 1 is 1.17 bits per heavy atom. The second-order valence-corrected chi connectivity index (χ2v) is 4.10. The van der Waals surface area contributed by atoms with Gasteiger partial charge < -0.3 is 14.8 Å². The topological polar surface area (TPSA) is 64.6 Å². The van der Waals surface area contributed by atoms with Crippen molar-refractivity contribution in [1.29, 1.82) is 0 Å². The molecule has 5 nitrogen and oxygen atoms in total. The fraction of sp³-hybridized carbons (Fsp3) is 0.385. The number of hydrogen-bond acceptors (Lipinski definition) is 4. The Morgan fingerprint density at radius 2 is 1.89 bits per heavy atom. The lowest BCUT2D eigenvalue weighted by molar-refractivity contribution is -0.150. The SMILES string of the molecule is O=C(COC(=O)COc1ccccc1)NC1CC1. The molecule has 1 aliphatic carbocycles. The molecule has 1 saturated carbocycles. The number of esters is 1. The Bertz CT molecular complexity index is 414. The van der Waals surface area contributed by atoms with Gasteiger partial charge in [0.25, 0.3) is 5.91 Å². The van der Waals surface area contributed by atoms with Gasteiger partial charge in [0.15, 0.2) is 13.2 Å². The third-order valence-corrected chi connectivity index (χ3v) is 2.41. The Kier molecular flexibility index (Phi) is 4.17. The Hall–Kier alpha value is -2.04. The Balaban J connectivity index is 1.61. The van der Waals surface area contributed by atoms with Crippen molar-refractivity contribution in [2.45, 2.75) is 18.9 Å². The molecule has 0 bridgehead atoms. The van der Waals surface area contributed by atoms with E-state index < -0.39 is 5.97 Å². The number of ether oxygens (including phenoxy) is 2. The zero-order valence-corrected chi connectivity index (χ0v) is 9.93. The lowest BCUT2D eigenvalue weighted by atomic mass is 10.3. The molecule has 0 atom stereocenters. The highest BCUT2D eigenvalue weighted by molar-refractivity contribution is 5.81. The van der Waals surface area contributed by atoms with E-state index in [4.69, 9.17) is 9.47 Å². The van der Waals surface area contributed by atoms with Gasteiger partial charge in [0.1, 0.15) is 5.75 Å². The smallest absolute Gasteiger partial charge is 0.344 e. The van der Waals surface area contributed by atoms with E-state index in [1.165, 1.54) is 0 Å². The van der Waals surface area contributed by atoms with Gasteiger partial charge in [0.2, 0.25) is 0 Å². The van der Waals surface area contributed by atoms with Gasteiger partial charge in [-0.05, 0) is 25.0 Å². The molecule has 18 heavy (non-hydrogen) atoms. The molecule has 1 aromatic rings. The second-order valence-electron chi connectivity index (χ2n) is 4.10. The van der Waals surface area contributed by atoms with Crippen molar-refractivity contribution in [3.63, 3.8) is 0 Å². The summed E-state index contributed by atoms with van der Waals surface area (Å²) in [6.45, 7) is -0.436. The highest BCUT2D eigenvalue weighted by atomic mass is 16.6. The lowest BCUT2D eigenvalue weighted by Crippen LogP contribution is -2.31. The number of rotatable bonds is 6. The van der Waals surface area contributed by atoms with Crippen LogP contribution in [0, 0.1) is 0 Å². The number of amides is 1. The molecule has 1 N–H and O–H groups in total. The number of carbonyl (C=O) groups excluding carboxylic acids is 2. The monoisotopic (exact) mass is 249 g/mol. The van der Waals surface area contributed by atoms with Crippen LogP contribution in [-0.2, 0) is 14.3 Å². The molecule has 0 heterocycles. The second kappa shape index (κ2) is 6.05. The van der Waals surface area contributed by atoms with Gasteiger partial charge in [-0.2, -0.15) is 0 Å². The van der Waals surface area contributed by atoms with Gasteiger partial charge in [-0.25, -0.2) is 4.79 Å².